The Kier molecular flexibility index (Phi) is 4.11. The number of ether oxygens (including phenoxy) is 1. The lowest BCUT2D eigenvalue weighted by atomic mass is 10.0. The number of para-hydroxylation sites is 1. The summed E-state index contributed by atoms with van der Waals surface area (Å²) in [5, 5.41) is 27.7. The molecule has 172 valence electrons. The lowest BCUT2D eigenvalue weighted by Gasteiger charge is -2.15. The molecule has 4 heterocycles. The van der Waals surface area contributed by atoms with Crippen molar-refractivity contribution in [3.63, 3.8) is 0 Å². The van der Waals surface area contributed by atoms with Gasteiger partial charge >= 0.3 is 0 Å². The van der Waals surface area contributed by atoms with Crippen LogP contribution in [0.1, 0.15) is 19.4 Å². The highest BCUT2D eigenvalue weighted by Crippen LogP contribution is 2.48. The average Bonchev–Trinajstić information content (AvgIpc) is 3.43. The number of aromatic hydroxyl groups is 1. The summed E-state index contributed by atoms with van der Waals surface area (Å²) in [5.41, 5.74) is 5.70. The van der Waals surface area contributed by atoms with Gasteiger partial charge in [0, 0.05) is 69.8 Å². The summed E-state index contributed by atoms with van der Waals surface area (Å²) in [7, 11) is 0. The van der Waals surface area contributed by atoms with E-state index >= 15 is 0 Å². The Morgan fingerprint density at radius 2 is 1.68 bits per heavy atom. The molecule has 0 spiro atoms. The Morgan fingerprint density at radius 1 is 0.941 bits per heavy atom. The third kappa shape index (κ3) is 2.52. The van der Waals surface area contributed by atoms with E-state index in [-0.39, 0.29) is 24.5 Å². The van der Waals surface area contributed by atoms with E-state index in [1.807, 2.05) is 20.0 Å². The third-order valence-corrected chi connectivity index (χ3v) is 7.42. The van der Waals surface area contributed by atoms with E-state index in [1.165, 1.54) is 10.9 Å². The maximum atomic E-state index is 11.0. The Bertz CT molecular complexity index is 1750. The molecule has 1 unspecified atom stereocenters. The number of aromatic nitrogens is 3. The number of fused-ring (bicyclic) bond motifs is 9. The van der Waals surface area contributed by atoms with Gasteiger partial charge in [-0.25, -0.2) is 0 Å². The molecule has 6 aromatic rings. The van der Waals surface area contributed by atoms with Crippen LogP contribution in [-0.4, -0.2) is 37.0 Å². The van der Waals surface area contributed by atoms with Crippen LogP contribution in [0.25, 0.3) is 54.4 Å². The van der Waals surface area contributed by atoms with Crippen molar-refractivity contribution in [3.8, 4) is 5.88 Å². The van der Waals surface area contributed by atoms with Crippen LogP contribution in [0.5, 0.6) is 5.88 Å². The molecule has 1 aliphatic rings. The molecule has 0 saturated carbocycles. The number of hydrogen-bond acceptors (Lipinski definition) is 3. The second kappa shape index (κ2) is 7.01. The number of benzene rings is 3. The van der Waals surface area contributed by atoms with Crippen LogP contribution in [0.2, 0.25) is 0 Å². The summed E-state index contributed by atoms with van der Waals surface area (Å²) in [6, 6.07) is 15.0. The molecule has 3 aromatic carbocycles. The van der Waals surface area contributed by atoms with Gasteiger partial charge in [-0.2, -0.15) is 0 Å². The molecule has 0 saturated heterocycles. The zero-order chi connectivity index (χ0) is 23.1. The molecular formula is C28H27N3O3. The highest BCUT2D eigenvalue weighted by atomic mass is 16.5. The van der Waals surface area contributed by atoms with Gasteiger partial charge in [-0.3, -0.25) is 0 Å². The molecule has 6 nitrogen and oxygen atoms in total. The predicted octanol–water partition coefficient (Wildman–Crippen LogP) is 5.64. The zero-order valence-electron chi connectivity index (χ0n) is 19.3. The van der Waals surface area contributed by atoms with Crippen molar-refractivity contribution in [2.24, 2.45) is 5.92 Å². The number of rotatable bonds is 4. The van der Waals surface area contributed by atoms with Crippen LogP contribution in [-0.2, 0) is 24.4 Å². The van der Waals surface area contributed by atoms with Crippen molar-refractivity contribution in [1.29, 1.82) is 0 Å². The number of nitrogens with zero attached hydrogens (tertiary/aromatic N) is 2. The summed E-state index contributed by atoms with van der Waals surface area (Å²) in [6.07, 6.45) is 2.09. The lowest BCUT2D eigenvalue weighted by Crippen LogP contribution is -2.18. The first-order valence-corrected chi connectivity index (χ1v) is 12.0. The molecule has 0 amide bonds. The quantitative estimate of drug-likeness (QED) is 0.324. The van der Waals surface area contributed by atoms with Gasteiger partial charge in [0.05, 0.1) is 29.1 Å². The molecule has 3 N–H and O–H groups in total. The van der Waals surface area contributed by atoms with Gasteiger partial charge in [0.15, 0.2) is 5.88 Å². The van der Waals surface area contributed by atoms with E-state index in [9.17, 15) is 10.2 Å². The standard InChI is InChI=1S/C28H27N3O3/c1-15(2)34-14-16-7-8-22-19(9-16)24-25-20(10-29-28(25)33)23-18-5-3-4-6-21(18)30-11-17(13-32)12-31(22)27(24)26(23)30/h3-10,15,17,29,32-33H,11-14H2,1-2H3. The lowest BCUT2D eigenvalue weighted by molar-refractivity contribution is 0.0658. The summed E-state index contributed by atoms with van der Waals surface area (Å²) in [6.45, 7) is 6.23. The maximum Gasteiger partial charge on any atom is 0.197 e. The molecule has 7 rings (SSSR count). The van der Waals surface area contributed by atoms with Gasteiger partial charge in [-0.05, 0) is 37.6 Å². The number of aliphatic hydroxyl groups excluding tert-OH is 1. The van der Waals surface area contributed by atoms with Crippen LogP contribution >= 0.6 is 0 Å². The van der Waals surface area contributed by atoms with Crippen LogP contribution in [0.3, 0.4) is 0 Å². The number of aliphatic hydroxyl groups is 1. The van der Waals surface area contributed by atoms with E-state index in [2.05, 4.69) is 56.6 Å². The van der Waals surface area contributed by atoms with Gasteiger partial charge in [0.2, 0.25) is 0 Å². The Balaban J connectivity index is 1.73. The fourth-order valence-corrected chi connectivity index (χ4v) is 6.01. The van der Waals surface area contributed by atoms with Crippen LogP contribution in [0.4, 0.5) is 0 Å². The van der Waals surface area contributed by atoms with E-state index in [1.54, 1.807) is 0 Å². The Hall–Kier alpha value is -3.48. The summed E-state index contributed by atoms with van der Waals surface area (Å²) >= 11 is 0. The molecule has 0 bridgehead atoms. The first kappa shape index (κ1) is 19.9. The summed E-state index contributed by atoms with van der Waals surface area (Å²) in [5.74, 6) is 0.281. The largest absolute Gasteiger partial charge is 0.494 e. The molecule has 0 fully saturated rings. The van der Waals surface area contributed by atoms with Crippen molar-refractivity contribution < 1.29 is 14.9 Å². The van der Waals surface area contributed by atoms with E-state index < -0.39 is 0 Å². The molecule has 1 atom stereocenters. The van der Waals surface area contributed by atoms with Crippen LogP contribution in [0, 0.1) is 5.92 Å². The molecule has 34 heavy (non-hydrogen) atoms. The van der Waals surface area contributed by atoms with Crippen molar-refractivity contribution in [1.82, 2.24) is 14.1 Å². The van der Waals surface area contributed by atoms with Gasteiger partial charge in [-0.1, -0.05) is 24.3 Å². The molecule has 3 aromatic heterocycles. The number of aromatic amines is 1. The molecular weight excluding hydrogens is 426 g/mol. The van der Waals surface area contributed by atoms with Crippen molar-refractivity contribution in [2.75, 3.05) is 6.61 Å². The molecule has 0 radical (unpaired) electrons. The van der Waals surface area contributed by atoms with Gasteiger partial charge in [0.1, 0.15) is 0 Å². The van der Waals surface area contributed by atoms with Crippen molar-refractivity contribution in [2.45, 2.75) is 39.6 Å². The van der Waals surface area contributed by atoms with Crippen LogP contribution in [0.15, 0.2) is 48.7 Å². The maximum absolute atomic E-state index is 11.0. The normalized spacial score (nSPS) is 16.3. The first-order chi connectivity index (χ1) is 16.6. The third-order valence-electron chi connectivity index (χ3n) is 7.42. The van der Waals surface area contributed by atoms with Gasteiger partial charge in [-0.15, -0.1) is 0 Å². The monoisotopic (exact) mass is 453 g/mol. The summed E-state index contributed by atoms with van der Waals surface area (Å²) < 4.78 is 10.6. The Morgan fingerprint density at radius 3 is 2.44 bits per heavy atom. The minimum atomic E-state index is 0.0867. The second-order valence-corrected chi connectivity index (χ2v) is 9.87. The minimum absolute atomic E-state index is 0.0867. The summed E-state index contributed by atoms with van der Waals surface area (Å²) in [4.78, 5) is 3.09. The first-order valence-electron chi connectivity index (χ1n) is 12.0. The SMILES string of the molecule is CC(C)OCc1ccc2c(c1)c1c3c(O)[nH]cc3c3c4ccccc4n4c3c1n2CC(CO)C4. The molecule has 1 aliphatic heterocycles. The fraction of sp³-hybridized carbons (Fsp3) is 0.286. The van der Waals surface area contributed by atoms with E-state index in [4.69, 9.17) is 4.74 Å². The van der Waals surface area contributed by atoms with E-state index in [0.29, 0.717) is 6.61 Å². The smallest absolute Gasteiger partial charge is 0.197 e. The molecule has 6 heteroatoms. The minimum Gasteiger partial charge on any atom is -0.494 e. The predicted molar refractivity (Wildman–Crippen MR) is 136 cm³/mol. The number of hydrogen-bond donors (Lipinski definition) is 3. The number of nitrogens with one attached hydrogen (secondary N) is 1. The number of H-pyrrole nitrogens is 1. The van der Waals surface area contributed by atoms with Crippen molar-refractivity contribution in [3.05, 3.63) is 54.2 Å². The van der Waals surface area contributed by atoms with E-state index in [0.717, 1.165) is 62.1 Å². The topological polar surface area (TPSA) is 75.3 Å². The highest BCUT2D eigenvalue weighted by Gasteiger charge is 2.29. The highest BCUT2D eigenvalue weighted by molar-refractivity contribution is 6.36. The molecule has 0 aliphatic carbocycles. The fourth-order valence-electron chi connectivity index (χ4n) is 6.01. The zero-order valence-corrected chi connectivity index (χ0v) is 19.3. The average molecular weight is 454 g/mol. The van der Waals surface area contributed by atoms with Gasteiger partial charge in [0.25, 0.3) is 0 Å². The van der Waals surface area contributed by atoms with Gasteiger partial charge < -0.3 is 29.1 Å². The second-order valence-electron chi connectivity index (χ2n) is 9.87. The van der Waals surface area contributed by atoms with Crippen molar-refractivity contribution >= 4 is 54.4 Å². The Labute approximate surface area is 196 Å². The van der Waals surface area contributed by atoms with Crippen LogP contribution < -0.4 is 0 Å².